The predicted molar refractivity (Wildman–Crippen MR) is 128 cm³/mol. The lowest BCUT2D eigenvalue weighted by Crippen LogP contribution is -2.45. The lowest BCUT2D eigenvalue weighted by Gasteiger charge is -2.37. The first kappa shape index (κ1) is 23.9. The van der Waals surface area contributed by atoms with Gasteiger partial charge in [0.1, 0.15) is 5.82 Å². The number of alkyl halides is 3. The Balaban J connectivity index is 1.43. The fourth-order valence-electron chi connectivity index (χ4n) is 5.21. The van der Waals surface area contributed by atoms with Crippen LogP contribution in [0, 0.1) is 5.92 Å². The summed E-state index contributed by atoms with van der Waals surface area (Å²) in [6.07, 6.45) is -1.69. The Bertz CT molecular complexity index is 1070. The number of rotatable bonds is 3. The molecule has 7 nitrogen and oxygen atoms in total. The van der Waals surface area contributed by atoms with Crippen molar-refractivity contribution in [2.45, 2.75) is 38.5 Å². The number of carbonyl (C=O) groups is 1. The maximum atomic E-state index is 13.8. The van der Waals surface area contributed by atoms with Gasteiger partial charge in [0, 0.05) is 36.0 Å². The molecule has 4 heterocycles. The van der Waals surface area contributed by atoms with Crippen LogP contribution >= 0.6 is 0 Å². The molecule has 5 rings (SSSR count). The minimum atomic E-state index is -4.23. The Morgan fingerprint density at radius 2 is 2.00 bits per heavy atom. The Morgan fingerprint density at radius 3 is 2.74 bits per heavy atom. The molecule has 1 N–H and O–H groups in total. The Hall–Kier alpha value is -2.85. The molecule has 0 radical (unpaired) electrons. The zero-order valence-corrected chi connectivity index (χ0v) is 19.7. The summed E-state index contributed by atoms with van der Waals surface area (Å²) in [5, 5.41) is 3.38. The van der Waals surface area contributed by atoms with Gasteiger partial charge in [0.25, 0.3) is 0 Å². The van der Waals surface area contributed by atoms with Gasteiger partial charge in [-0.1, -0.05) is 6.07 Å². The molecule has 0 aliphatic carbocycles. The van der Waals surface area contributed by atoms with Crippen molar-refractivity contribution >= 4 is 28.8 Å². The summed E-state index contributed by atoms with van der Waals surface area (Å²) in [6.45, 7) is 4.12. The van der Waals surface area contributed by atoms with Gasteiger partial charge in [0.05, 0.1) is 37.7 Å². The van der Waals surface area contributed by atoms with Crippen molar-refractivity contribution in [2.24, 2.45) is 5.92 Å². The van der Waals surface area contributed by atoms with Crippen LogP contribution in [0.15, 0.2) is 36.5 Å². The van der Waals surface area contributed by atoms with Gasteiger partial charge in [-0.25, -0.2) is 4.98 Å². The topological polar surface area (TPSA) is 60.9 Å². The minimum absolute atomic E-state index is 0.0522. The van der Waals surface area contributed by atoms with Crippen molar-refractivity contribution in [1.82, 2.24) is 9.88 Å². The first-order valence-electron chi connectivity index (χ1n) is 12.1. The summed E-state index contributed by atoms with van der Waals surface area (Å²) in [5.41, 5.74) is 3.46. The number of likely N-dealkylation sites (tertiary alicyclic amines) is 1. The van der Waals surface area contributed by atoms with Crippen LogP contribution in [0.5, 0.6) is 0 Å². The second-order valence-corrected chi connectivity index (χ2v) is 9.54. The Kier molecular flexibility index (Phi) is 6.59. The number of nitrogens with zero attached hydrogens (tertiary/aromatic N) is 4. The standard InChI is InChI=1S/C25H30F3N5O2/c1-17-15-35-12-11-32(17)20-4-5-21-22(13-20)33(14-19-3-2-8-29-23(19)30-21)24(34)18-6-9-31(10-7-18)16-25(26,27)28/h2-5,8,13,17-18H,6-7,9-12,14-16H2,1H3,(H,29,30). The van der Waals surface area contributed by atoms with Gasteiger partial charge >= 0.3 is 6.18 Å². The second-order valence-electron chi connectivity index (χ2n) is 9.54. The molecule has 1 aromatic heterocycles. The molecule has 35 heavy (non-hydrogen) atoms. The highest BCUT2D eigenvalue weighted by molar-refractivity contribution is 6.00. The molecule has 188 valence electrons. The number of nitrogens with one attached hydrogen (secondary N) is 1. The quantitative estimate of drug-likeness (QED) is 0.699. The van der Waals surface area contributed by atoms with Crippen LogP contribution in [0.3, 0.4) is 0 Å². The van der Waals surface area contributed by atoms with E-state index in [1.807, 2.05) is 30.3 Å². The van der Waals surface area contributed by atoms with Crippen molar-refractivity contribution in [3.63, 3.8) is 0 Å². The van der Waals surface area contributed by atoms with Crippen molar-refractivity contribution in [3.05, 3.63) is 42.1 Å². The van der Waals surface area contributed by atoms with E-state index in [0.717, 1.165) is 29.2 Å². The zero-order chi connectivity index (χ0) is 24.6. The largest absolute Gasteiger partial charge is 0.401 e. The van der Waals surface area contributed by atoms with Gasteiger partial charge in [-0.2, -0.15) is 13.2 Å². The summed E-state index contributed by atoms with van der Waals surface area (Å²) < 4.78 is 44.0. The van der Waals surface area contributed by atoms with Crippen LogP contribution in [0.4, 0.5) is 36.1 Å². The number of hydrogen-bond donors (Lipinski definition) is 1. The fourth-order valence-corrected chi connectivity index (χ4v) is 5.21. The number of fused-ring (bicyclic) bond motifs is 2. The van der Waals surface area contributed by atoms with Gasteiger partial charge in [-0.15, -0.1) is 0 Å². The SMILES string of the molecule is CC1COCCN1c1ccc2c(c1)N(C(=O)C1CCN(CC(F)(F)F)CC1)Cc1cccnc1N2. The number of carbonyl (C=O) groups excluding carboxylic acids is 1. The van der Waals surface area contributed by atoms with E-state index in [4.69, 9.17) is 4.74 Å². The average Bonchev–Trinajstić information content (AvgIpc) is 3.00. The molecule has 0 bridgehead atoms. The third-order valence-electron chi connectivity index (χ3n) is 7.05. The molecule has 3 aliphatic rings. The zero-order valence-electron chi connectivity index (χ0n) is 19.7. The molecule has 1 atom stereocenters. The highest BCUT2D eigenvalue weighted by atomic mass is 19.4. The van der Waals surface area contributed by atoms with Gasteiger partial charge in [0.2, 0.25) is 5.91 Å². The lowest BCUT2D eigenvalue weighted by atomic mass is 9.94. The van der Waals surface area contributed by atoms with Crippen LogP contribution in [-0.2, 0) is 16.1 Å². The van der Waals surface area contributed by atoms with E-state index in [-0.39, 0.29) is 31.0 Å². The van der Waals surface area contributed by atoms with Crippen LogP contribution < -0.4 is 15.1 Å². The molecule has 0 spiro atoms. The number of anilines is 4. The van der Waals surface area contributed by atoms with Crippen LogP contribution in [0.2, 0.25) is 0 Å². The number of pyridine rings is 1. The van der Waals surface area contributed by atoms with Crippen LogP contribution in [-0.4, -0.2) is 67.4 Å². The smallest absolute Gasteiger partial charge is 0.377 e. The molecule has 2 saturated heterocycles. The first-order chi connectivity index (χ1) is 16.8. The number of ether oxygens (including phenoxy) is 1. The molecule has 3 aliphatic heterocycles. The number of hydrogen-bond acceptors (Lipinski definition) is 6. The van der Waals surface area contributed by atoms with E-state index in [9.17, 15) is 18.0 Å². The molecule has 1 aromatic carbocycles. The van der Waals surface area contributed by atoms with Crippen molar-refractivity contribution in [2.75, 3.05) is 54.5 Å². The van der Waals surface area contributed by atoms with Crippen LogP contribution in [0.25, 0.3) is 0 Å². The van der Waals surface area contributed by atoms with E-state index >= 15 is 0 Å². The molecular formula is C25H30F3N5O2. The Morgan fingerprint density at radius 1 is 1.20 bits per heavy atom. The molecular weight excluding hydrogens is 459 g/mol. The van der Waals surface area contributed by atoms with Crippen LogP contribution in [0.1, 0.15) is 25.3 Å². The normalized spacial score (nSPS) is 21.7. The highest BCUT2D eigenvalue weighted by Crippen LogP contribution is 2.39. The third kappa shape index (κ3) is 5.23. The third-order valence-corrected chi connectivity index (χ3v) is 7.05. The number of piperidine rings is 1. The van der Waals surface area contributed by atoms with Crippen molar-refractivity contribution in [1.29, 1.82) is 0 Å². The van der Waals surface area contributed by atoms with E-state index in [0.29, 0.717) is 38.4 Å². The van der Waals surface area contributed by atoms with E-state index in [2.05, 4.69) is 22.1 Å². The van der Waals surface area contributed by atoms with Gasteiger partial charge < -0.3 is 19.9 Å². The summed E-state index contributed by atoms with van der Waals surface area (Å²) in [4.78, 5) is 23.7. The molecule has 0 saturated carbocycles. The van der Waals surface area contributed by atoms with E-state index < -0.39 is 12.7 Å². The van der Waals surface area contributed by atoms with Gasteiger partial charge in [-0.05, 0) is 57.1 Å². The van der Waals surface area contributed by atoms with Crippen molar-refractivity contribution < 1.29 is 22.7 Å². The summed E-state index contributed by atoms with van der Waals surface area (Å²) in [7, 11) is 0. The van der Waals surface area contributed by atoms with Gasteiger partial charge in [0.15, 0.2) is 0 Å². The summed E-state index contributed by atoms with van der Waals surface area (Å²) in [5.74, 6) is 0.330. The molecule has 2 fully saturated rings. The lowest BCUT2D eigenvalue weighted by molar-refractivity contribution is -0.149. The molecule has 1 unspecified atom stereocenters. The fraction of sp³-hybridized carbons (Fsp3) is 0.520. The number of benzene rings is 1. The predicted octanol–water partition coefficient (Wildman–Crippen LogP) is 4.17. The average molecular weight is 490 g/mol. The minimum Gasteiger partial charge on any atom is -0.377 e. The van der Waals surface area contributed by atoms with Crippen molar-refractivity contribution in [3.8, 4) is 0 Å². The second kappa shape index (κ2) is 9.66. The summed E-state index contributed by atoms with van der Waals surface area (Å²) in [6, 6.07) is 10.0. The number of morpholine rings is 1. The van der Waals surface area contributed by atoms with E-state index in [1.54, 1.807) is 11.1 Å². The molecule has 2 aromatic rings. The molecule has 1 amide bonds. The summed E-state index contributed by atoms with van der Waals surface area (Å²) >= 11 is 0. The maximum Gasteiger partial charge on any atom is 0.401 e. The number of amides is 1. The maximum absolute atomic E-state index is 13.8. The monoisotopic (exact) mass is 489 g/mol. The van der Waals surface area contributed by atoms with E-state index in [1.165, 1.54) is 4.90 Å². The highest BCUT2D eigenvalue weighted by Gasteiger charge is 2.36. The molecule has 10 heteroatoms. The number of halogens is 3. The first-order valence-corrected chi connectivity index (χ1v) is 12.1. The van der Waals surface area contributed by atoms with Gasteiger partial charge in [-0.3, -0.25) is 9.69 Å². The number of aromatic nitrogens is 1. The Labute approximate surface area is 202 Å².